The molecule has 0 bridgehead atoms. The summed E-state index contributed by atoms with van der Waals surface area (Å²) < 4.78 is 0. The van der Waals surface area contributed by atoms with Gasteiger partial charge in [0.2, 0.25) is 11.8 Å². The van der Waals surface area contributed by atoms with E-state index in [2.05, 4.69) is 57.3 Å². The van der Waals surface area contributed by atoms with E-state index in [1.54, 1.807) is 0 Å². The summed E-state index contributed by atoms with van der Waals surface area (Å²) in [5.41, 5.74) is 5.47. The highest BCUT2D eigenvalue weighted by molar-refractivity contribution is 6.05. The quantitative estimate of drug-likeness (QED) is 0.772. The molecule has 2 unspecified atom stereocenters. The average molecular weight is 391 g/mol. The highest BCUT2D eigenvalue weighted by atomic mass is 16.2. The van der Waals surface area contributed by atoms with Crippen LogP contribution in [-0.2, 0) is 16.0 Å². The van der Waals surface area contributed by atoms with Gasteiger partial charge in [-0.3, -0.25) is 9.59 Å². The molecular formula is C25H30N2O2. The van der Waals surface area contributed by atoms with Crippen molar-refractivity contribution in [1.29, 1.82) is 0 Å². The minimum Gasteiger partial charge on any atom is -0.325 e. The summed E-state index contributed by atoms with van der Waals surface area (Å²) in [5, 5.41) is 3.19. The summed E-state index contributed by atoms with van der Waals surface area (Å²) in [7, 11) is 0. The van der Waals surface area contributed by atoms with Crippen molar-refractivity contribution in [2.45, 2.75) is 52.4 Å². The van der Waals surface area contributed by atoms with Gasteiger partial charge >= 0.3 is 0 Å². The lowest BCUT2D eigenvalue weighted by molar-refractivity contribution is -0.123. The zero-order chi connectivity index (χ0) is 20.7. The minimum absolute atomic E-state index is 0.0224. The highest BCUT2D eigenvalue weighted by Gasteiger charge is 2.50. The maximum atomic E-state index is 13.0. The van der Waals surface area contributed by atoms with Gasteiger partial charge in [0.1, 0.15) is 0 Å². The van der Waals surface area contributed by atoms with Crippen molar-refractivity contribution in [2.75, 3.05) is 16.8 Å². The number of carbonyl (C=O) groups excluding carboxylic acids is 2. The first-order valence-corrected chi connectivity index (χ1v) is 10.7. The zero-order valence-corrected chi connectivity index (χ0v) is 17.7. The van der Waals surface area contributed by atoms with Crippen LogP contribution in [0.2, 0.25) is 0 Å². The molecule has 0 radical (unpaired) electrons. The maximum Gasteiger partial charge on any atom is 0.230 e. The summed E-state index contributed by atoms with van der Waals surface area (Å²) >= 11 is 0. The Morgan fingerprint density at radius 3 is 2.24 bits per heavy atom. The van der Waals surface area contributed by atoms with Gasteiger partial charge in [-0.05, 0) is 47.4 Å². The van der Waals surface area contributed by atoms with Crippen molar-refractivity contribution >= 4 is 23.2 Å². The molecule has 1 heterocycles. The summed E-state index contributed by atoms with van der Waals surface area (Å²) in [6, 6.07) is 14.3. The first kappa shape index (κ1) is 19.7. The van der Waals surface area contributed by atoms with E-state index < -0.39 is 0 Å². The third-order valence-corrected chi connectivity index (χ3v) is 6.22. The molecule has 1 fully saturated rings. The Morgan fingerprint density at radius 2 is 1.59 bits per heavy atom. The molecule has 2 amide bonds. The molecule has 1 N–H and O–H groups in total. The van der Waals surface area contributed by atoms with Crippen LogP contribution in [0.15, 0.2) is 42.5 Å². The molecule has 1 saturated carbocycles. The molecule has 29 heavy (non-hydrogen) atoms. The van der Waals surface area contributed by atoms with Crippen LogP contribution >= 0.6 is 0 Å². The van der Waals surface area contributed by atoms with Gasteiger partial charge in [0.05, 0.1) is 11.8 Å². The molecule has 0 spiro atoms. The van der Waals surface area contributed by atoms with Crippen molar-refractivity contribution in [1.82, 2.24) is 0 Å². The molecule has 4 rings (SSSR count). The van der Waals surface area contributed by atoms with Crippen molar-refractivity contribution in [3.63, 3.8) is 0 Å². The number of carbonyl (C=O) groups is 2. The summed E-state index contributed by atoms with van der Waals surface area (Å²) in [6.07, 6.45) is 1.54. The second kappa shape index (κ2) is 7.66. The molecule has 2 atom stereocenters. The largest absolute Gasteiger partial charge is 0.325 e. The van der Waals surface area contributed by atoms with Gasteiger partial charge in [-0.2, -0.15) is 0 Å². The number of hydrogen-bond donors (Lipinski definition) is 1. The fourth-order valence-electron chi connectivity index (χ4n) is 4.44. The number of benzene rings is 2. The smallest absolute Gasteiger partial charge is 0.230 e. The minimum atomic E-state index is -0.226. The molecule has 2 aromatic carbocycles. The van der Waals surface area contributed by atoms with Crippen LogP contribution in [0.1, 0.15) is 62.6 Å². The lowest BCUT2D eigenvalue weighted by atomic mass is 9.92. The summed E-state index contributed by atoms with van der Waals surface area (Å²) in [6.45, 7) is 9.29. The molecule has 0 saturated heterocycles. The van der Waals surface area contributed by atoms with E-state index in [9.17, 15) is 9.59 Å². The number of rotatable bonds is 5. The number of fused-ring (bicyclic) bond motifs is 1. The highest BCUT2D eigenvalue weighted by Crippen LogP contribution is 2.44. The van der Waals surface area contributed by atoms with Gasteiger partial charge in [0.15, 0.2) is 0 Å². The van der Waals surface area contributed by atoms with Crippen LogP contribution in [0.5, 0.6) is 0 Å². The van der Waals surface area contributed by atoms with Crippen LogP contribution in [0, 0.1) is 11.8 Å². The molecule has 1 aliphatic carbocycles. The van der Waals surface area contributed by atoms with Crippen LogP contribution in [0.25, 0.3) is 0 Å². The van der Waals surface area contributed by atoms with E-state index >= 15 is 0 Å². The van der Waals surface area contributed by atoms with Gasteiger partial charge < -0.3 is 10.2 Å². The number of nitrogens with one attached hydrogen (secondary N) is 1. The van der Waals surface area contributed by atoms with Crippen LogP contribution in [0.3, 0.4) is 0 Å². The molecule has 0 aromatic heterocycles. The lowest BCUT2D eigenvalue weighted by Gasteiger charge is -2.20. The van der Waals surface area contributed by atoms with E-state index in [0.717, 1.165) is 35.5 Å². The third kappa shape index (κ3) is 3.68. The van der Waals surface area contributed by atoms with Gasteiger partial charge in [-0.1, -0.05) is 64.1 Å². The van der Waals surface area contributed by atoms with E-state index in [0.29, 0.717) is 18.3 Å². The Hall–Kier alpha value is -2.62. The van der Waals surface area contributed by atoms with E-state index in [4.69, 9.17) is 0 Å². The Bertz CT molecular complexity index is 921. The van der Waals surface area contributed by atoms with Gasteiger partial charge in [0, 0.05) is 17.9 Å². The fourth-order valence-corrected chi connectivity index (χ4v) is 4.44. The summed E-state index contributed by atoms with van der Waals surface area (Å²) in [4.78, 5) is 27.9. The van der Waals surface area contributed by atoms with Gasteiger partial charge in [-0.15, -0.1) is 0 Å². The lowest BCUT2D eigenvalue weighted by Crippen LogP contribution is -2.32. The zero-order valence-electron chi connectivity index (χ0n) is 17.7. The second-order valence-electron chi connectivity index (χ2n) is 8.93. The molecule has 1 aliphatic heterocycles. The first-order chi connectivity index (χ1) is 13.9. The second-order valence-corrected chi connectivity index (χ2v) is 8.93. The molecule has 4 heteroatoms. The number of hydrogen-bond acceptors (Lipinski definition) is 2. The van der Waals surface area contributed by atoms with Gasteiger partial charge in [-0.25, -0.2) is 0 Å². The molecule has 2 aromatic rings. The number of para-hydroxylation sites is 2. The summed E-state index contributed by atoms with van der Waals surface area (Å²) in [5.74, 6) is 0.288. The first-order valence-electron chi connectivity index (χ1n) is 10.7. The monoisotopic (exact) mass is 390 g/mol. The Balaban J connectivity index is 1.49. The number of anilines is 2. The average Bonchev–Trinajstić information content (AvgIpc) is 3.39. The van der Waals surface area contributed by atoms with Crippen LogP contribution < -0.4 is 10.2 Å². The Kier molecular flexibility index (Phi) is 5.20. The van der Waals surface area contributed by atoms with Crippen LogP contribution in [-0.4, -0.2) is 18.4 Å². The van der Waals surface area contributed by atoms with E-state index in [-0.39, 0.29) is 23.7 Å². The van der Waals surface area contributed by atoms with Gasteiger partial charge in [0.25, 0.3) is 0 Å². The maximum absolute atomic E-state index is 13.0. The third-order valence-electron chi connectivity index (χ3n) is 6.22. The van der Waals surface area contributed by atoms with Crippen molar-refractivity contribution in [3.8, 4) is 0 Å². The molecule has 2 aliphatic rings. The van der Waals surface area contributed by atoms with Crippen molar-refractivity contribution in [3.05, 3.63) is 59.2 Å². The Labute approximate surface area is 173 Å². The van der Waals surface area contributed by atoms with E-state index in [1.165, 1.54) is 5.56 Å². The fraction of sp³-hybridized carbons (Fsp3) is 0.440. The molecule has 152 valence electrons. The normalized spacial score (nSPS) is 20.1. The molecule has 4 nitrogen and oxygen atoms in total. The van der Waals surface area contributed by atoms with Crippen molar-refractivity contribution < 1.29 is 9.59 Å². The topological polar surface area (TPSA) is 49.4 Å². The predicted octanol–water partition coefficient (Wildman–Crippen LogP) is 5.10. The van der Waals surface area contributed by atoms with Crippen LogP contribution in [0.4, 0.5) is 11.4 Å². The standard InChI is InChI=1S/C25H30N2O2/c1-15(2)18-9-7-10-19(16(3)4)23(18)26-24(28)20-14-21(20)25(29)27-13-12-17-8-5-6-11-22(17)27/h5-11,15-16,20-21H,12-14H2,1-4H3,(H,26,28). The predicted molar refractivity (Wildman–Crippen MR) is 117 cm³/mol. The number of amides is 2. The Morgan fingerprint density at radius 1 is 0.931 bits per heavy atom. The van der Waals surface area contributed by atoms with E-state index in [1.807, 2.05) is 23.1 Å². The molecular weight excluding hydrogens is 360 g/mol. The SMILES string of the molecule is CC(C)c1cccc(C(C)C)c1NC(=O)C1CC1C(=O)N1CCc2ccccc21. The number of nitrogens with zero attached hydrogens (tertiary/aromatic N) is 1. The van der Waals surface area contributed by atoms with Crippen molar-refractivity contribution in [2.24, 2.45) is 11.8 Å².